The molecule has 61 heavy (non-hydrogen) atoms. The van der Waals surface area contributed by atoms with E-state index in [2.05, 4.69) is 148 Å². The molecule has 0 radical (unpaired) electrons. The quantitative estimate of drug-likeness (QED) is 0.117. The van der Waals surface area contributed by atoms with Crippen molar-refractivity contribution in [3.05, 3.63) is 118 Å². The lowest BCUT2D eigenvalue weighted by Crippen LogP contribution is -2.47. The first-order valence-corrected chi connectivity index (χ1v) is 23.3. The SMILES string of the molecule is CN1C=c2cc(OCCCN3CCN(c4cccc5sccc45)CC3)ccc2=NC1.CN1Cc2ccccc2N(OCCCN2CCN(c3cccc4sccc34)CC2)C1.Cl. The Morgan fingerprint density at radius 3 is 1.90 bits per heavy atom. The molecule has 0 bridgehead atoms. The van der Waals surface area contributed by atoms with Gasteiger partial charge in [-0.15, -0.1) is 35.1 Å². The minimum atomic E-state index is 0. The van der Waals surface area contributed by atoms with Gasteiger partial charge < -0.3 is 19.4 Å². The molecule has 0 saturated carbocycles. The van der Waals surface area contributed by atoms with E-state index >= 15 is 0 Å². The fourth-order valence-electron chi connectivity index (χ4n) is 8.84. The molecule has 0 amide bonds. The maximum atomic E-state index is 6.16. The molecule has 0 atom stereocenters. The highest BCUT2D eigenvalue weighted by molar-refractivity contribution is 7.17. The molecule has 4 aliphatic heterocycles. The maximum absolute atomic E-state index is 6.16. The van der Waals surface area contributed by atoms with Gasteiger partial charge in [0, 0.05) is 122 Å². The molecule has 10 nitrogen and oxygen atoms in total. The molecule has 4 aromatic carbocycles. The van der Waals surface area contributed by atoms with Crippen molar-refractivity contribution in [2.45, 2.75) is 19.4 Å². The zero-order chi connectivity index (χ0) is 40.7. The van der Waals surface area contributed by atoms with Gasteiger partial charge >= 0.3 is 0 Å². The van der Waals surface area contributed by atoms with Gasteiger partial charge in [-0.1, -0.05) is 30.3 Å². The van der Waals surface area contributed by atoms with E-state index in [0.29, 0.717) is 0 Å². The third kappa shape index (κ3) is 10.6. The van der Waals surface area contributed by atoms with Gasteiger partial charge in [-0.05, 0) is 96.9 Å². The van der Waals surface area contributed by atoms with Crippen LogP contribution in [0.25, 0.3) is 26.4 Å². The maximum Gasteiger partial charge on any atom is 0.120 e. The summed E-state index contributed by atoms with van der Waals surface area (Å²) in [4.78, 5) is 25.3. The van der Waals surface area contributed by atoms with Crippen LogP contribution in [-0.2, 0) is 11.4 Å². The Morgan fingerprint density at radius 2 is 1.25 bits per heavy atom. The third-order valence-electron chi connectivity index (χ3n) is 12.0. The van der Waals surface area contributed by atoms with E-state index in [9.17, 15) is 0 Å². The highest BCUT2D eigenvalue weighted by Gasteiger charge is 2.22. The number of rotatable bonds is 12. The van der Waals surface area contributed by atoms with Gasteiger partial charge in [-0.3, -0.25) is 24.5 Å². The van der Waals surface area contributed by atoms with Crippen LogP contribution in [0.1, 0.15) is 18.4 Å². The van der Waals surface area contributed by atoms with Crippen LogP contribution in [0.4, 0.5) is 17.1 Å². The third-order valence-corrected chi connectivity index (χ3v) is 13.8. The molecule has 0 spiro atoms. The fourth-order valence-corrected chi connectivity index (χ4v) is 10.5. The summed E-state index contributed by atoms with van der Waals surface area (Å²) in [6.07, 6.45) is 4.24. The van der Waals surface area contributed by atoms with Crippen molar-refractivity contribution in [3.63, 3.8) is 0 Å². The summed E-state index contributed by atoms with van der Waals surface area (Å²) in [5.41, 5.74) is 5.33. The van der Waals surface area contributed by atoms with E-state index in [1.54, 1.807) is 0 Å². The van der Waals surface area contributed by atoms with Crippen molar-refractivity contribution in [3.8, 4) is 5.75 Å². The lowest BCUT2D eigenvalue weighted by molar-refractivity contribution is 0.0632. The van der Waals surface area contributed by atoms with E-state index in [-0.39, 0.29) is 12.4 Å². The number of anilines is 3. The summed E-state index contributed by atoms with van der Waals surface area (Å²) in [5, 5.41) is 11.4. The molecule has 2 fully saturated rings. The number of ether oxygens (including phenoxy) is 1. The molecule has 10 rings (SSSR count). The number of hydrogen-bond donors (Lipinski definition) is 0. The van der Waals surface area contributed by atoms with Crippen LogP contribution >= 0.6 is 35.1 Å². The van der Waals surface area contributed by atoms with Gasteiger partial charge in [0.1, 0.15) is 12.4 Å². The van der Waals surface area contributed by atoms with Crippen LogP contribution in [0.3, 0.4) is 0 Å². The van der Waals surface area contributed by atoms with Gasteiger partial charge in [0.2, 0.25) is 0 Å². The summed E-state index contributed by atoms with van der Waals surface area (Å²) in [7, 11) is 4.18. The van der Waals surface area contributed by atoms with Gasteiger partial charge in [0.25, 0.3) is 0 Å². The molecule has 0 aliphatic carbocycles. The Kier molecular flexibility index (Phi) is 14.6. The van der Waals surface area contributed by atoms with Gasteiger partial charge in [0.05, 0.1) is 30.9 Å². The van der Waals surface area contributed by atoms with E-state index in [0.717, 1.165) is 128 Å². The van der Waals surface area contributed by atoms with Crippen LogP contribution in [0, 0.1) is 0 Å². The summed E-state index contributed by atoms with van der Waals surface area (Å²) >= 11 is 3.65. The number of para-hydroxylation sites is 1. The van der Waals surface area contributed by atoms with Crippen LogP contribution in [-0.4, -0.2) is 126 Å². The summed E-state index contributed by atoms with van der Waals surface area (Å²) < 4.78 is 8.78. The fraction of sp³-hybridized carbons (Fsp3) is 0.396. The van der Waals surface area contributed by atoms with Crippen LogP contribution in [0.15, 0.2) is 107 Å². The van der Waals surface area contributed by atoms with Gasteiger partial charge in [0.15, 0.2) is 0 Å². The number of thiophene rings is 2. The van der Waals surface area contributed by atoms with Crippen molar-refractivity contribution in [1.82, 2.24) is 19.6 Å². The largest absolute Gasteiger partial charge is 0.494 e. The molecule has 0 N–H and O–H groups in total. The summed E-state index contributed by atoms with van der Waals surface area (Å²) in [6, 6.07) is 32.6. The Hall–Kier alpha value is -4.40. The van der Waals surface area contributed by atoms with Crippen molar-refractivity contribution < 1.29 is 9.57 Å². The second-order valence-electron chi connectivity index (χ2n) is 16.3. The first kappa shape index (κ1) is 43.3. The molecule has 0 unspecified atom stereocenters. The first-order valence-electron chi connectivity index (χ1n) is 21.6. The second kappa shape index (κ2) is 20.6. The minimum absolute atomic E-state index is 0. The molecule has 322 valence electrons. The Labute approximate surface area is 374 Å². The lowest BCUT2D eigenvalue weighted by Gasteiger charge is -2.37. The highest BCUT2D eigenvalue weighted by atomic mass is 35.5. The number of nitrogens with zero attached hydrogens (tertiary/aromatic N) is 8. The molecule has 6 aromatic rings. The topological polar surface area (TPSA) is 53.5 Å². The van der Waals surface area contributed by atoms with Crippen LogP contribution < -0.4 is 30.2 Å². The van der Waals surface area contributed by atoms with E-state index in [4.69, 9.17) is 9.57 Å². The average molecular weight is 880 g/mol. The van der Waals surface area contributed by atoms with Gasteiger partial charge in [-0.25, -0.2) is 5.06 Å². The number of hydroxylamine groups is 1. The Bertz CT molecular complexity index is 2460. The van der Waals surface area contributed by atoms with Crippen molar-refractivity contribution in [2.24, 2.45) is 4.99 Å². The molecule has 4 aliphatic rings. The number of halogens is 1. The summed E-state index contributed by atoms with van der Waals surface area (Å²) in [5.74, 6) is 0.934. The van der Waals surface area contributed by atoms with E-state index < -0.39 is 0 Å². The first-order chi connectivity index (χ1) is 29.5. The average Bonchev–Trinajstić information content (AvgIpc) is 3.98. The van der Waals surface area contributed by atoms with E-state index in [1.807, 2.05) is 35.8 Å². The molecule has 6 heterocycles. The van der Waals surface area contributed by atoms with Crippen molar-refractivity contribution in [2.75, 3.05) is 121 Å². The van der Waals surface area contributed by atoms with E-state index in [1.165, 1.54) is 42.8 Å². The normalized spacial score (nSPS) is 17.2. The minimum Gasteiger partial charge on any atom is -0.494 e. The predicted octanol–water partition coefficient (Wildman–Crippen LogP) is 7.43. The molecule has 2 saturated heterocycles. The zero-order valence-corrected chi connectivity index (χ0v) is 38.0. The van der Waals surface area contributed by atoms with Crippen molar-refractivity contribution in [1.29, 1.82) is 0 Å². The van der Waals surface area contributed by atoms with Crippen LogP contribution in [0.5, 0.6) is 5.75 Å². The van der Waals surface area contributed by atoms with Gasteiger partial charge in [-0.2, -0.15) is 0 Å². The summed E-state index contributed by atoms with van der Waals surface area (Å²) in [6.45, 7) is 15.1. The Morgan fingerprint density at radius 1 is 0.639 bits per heavy atom. The smallest absolute Gasteiger partial charge is 0.120 e. The molecule has 2 aromatic heterocycles. The number of piperazine rings is 2. The predicted molar refractivity (Wildman–Crippen MR) is 258 cm³/mol. The molecular formula is C48H59ClN8O2S2. The van der Waals surface area contributed by atoms with Crippen LogP contribution in [0.2, 0.25) is 0 Å². The lowest BCUT2D eigenvalue weighted by atomic mass is 10.1. The molecular weight excluding hydrogens is 820 g/mol. The molecule has 13 heteroatoms. The standard InChI is InChI=1S/C24H28N4OS.C24H30N4OS.ClH/c1-26-17-19-16-20(6-7-22(19)25-18-26)29-14-3-9-27-10-12-28(13-11-27)23-4-2-5-24-21(23)8-15-30-24;1-25-18-20-6-2-3-7-22(20)28(19-25)29-16-5-11-26-12-14-27(15-13-26)23-8-4-9-24-21(23)10-17-30-24;/h2,4-8,15-17H,3,9-14,18H2,1H3;2-4,6-10,17H,5,11-16,18-19H2,1H3;1H. The second-order valence-corrected chi connectivity index (χ2v) is 18.2. The number of benzene rings is 4. The number of hydrogen-bond acceptors (Lipinski definition) is 12. The Balaban J connectivity index is 0.000000166. The highest BCUT2D eigenvalue weighted by Crippen LogP contribution is 2.33. The zero-order valence-electron chi connectivity index (χ0n) is 35.5. The van der Waals surface area contributed by atoms with Crippen molar-refractivity contribution >= 4 is 78.5 Å². The number of fused-ring (bicyclic) bond motifs is 4. The monoisotopic (exact) mass is 878 g/mol.